The van der Waals surface area contributed by atoms with Crippen LogP contribution < -0.4 is 10.6 Å². The van der Waals surface area contributed by atoms with E-state index in [9.17, 15) is 5.11 Å². The number of nitrogens with zero attached hydrogens (tertiary/aromatic N) is 4. The number of hydrogen-bond acceptors (Lipinski definition) is 7. The van der Waals surface area contributed by atoms with Gasteiger partial charge < -0.3 is 20.6 Å². The van der Waals surface area contributed by atoms with Gasteiger partial charge in [0, 0.05) is 34.0 Å². The smallest absolute Gasteiger partial charge is 0.227 e. The summed E-state index contributed by atoms with van der Waals surface area (Å²) in [5.74, 6) is 0.234. The number of hydrogen-bond donors (Lipinski definition) is 3. The van der Waals surface area contributed by atoms with Crippen LogP contribution in [0.4, 0.5) is 11.8 Å². The highest BCUT2D eigenvalue weighted by molar-refractivity contribution is 5.91. The Balaban J connectivity index is 1.73. The molecule has 0 unspecified atom stereocenters. The van der Waals surface area contributed by atoms with E-state index in [1.165, 1.54) is 4.90 Å². The van der Waals surface area contributed by atoms with E-state index in [1.807, 2.05) is 6.92 Å². The molecule has 3 heterocycles. The molecule has 7 heteroatoms. The Morgan fingerprint density at radius 1 is 1.25 bits per heavy atom. The Hall–Kier alpha value is -1.99. The average molecular weight is 334 g/mol. The third kappa shape index (κ3) is 2.48. The Kier molecular flexibility index (Phi) is 2.45. The largest absolute Gasteiger partial charge is 0.390 e. The second-order valence-electron chi connectivity index (χ2n) is 6.46. The fraction of sp³-hybridized carbons (Fsp3) is 0.588. The van der Waals surface area contributed by atoms with Crippen LogP contribution >= 0.6 is 0 Å². The SMILES string of the molecule is [2H]C([2H])([2H])Nc1nc(N[C@H]2CN(C([2H])([2H])[2H])C[C@@H]2O)nc2nc3c(c(C)c12)CCC3. The number of aliphatic hydroxyl groups excluding tert-OH is 1. The summed E-state index contributed by atoms with van der Waals surface area (Å²) in [6.07, 6.45) is 1.78. The summed E-state index contributed by atoms with van der Waals surface area (Å²) in [5, 5.41) is 16.3. The minimum atomic E-state index is -2.46. The molecule has 24 heavy (non-hydrogen) atoms. The number of likely N-dealkylation sites (tertiary alicyclic amines) is 1. The molecular weight excluding hydrogens is 304 g/mol. The number of likely N-dealkylation sites (N-methyl/N-ethyl adjacent to an activating group) is 1. The summed E-state index contributed by atoms with van der Waals surface area (Å²) in [5.41, 5.74) is 3.36. The maximum absolute atomic E-state index is 10.3. The molecule has 2 atom stereocenters. The summed E-state index contributed by atoms with van der Waals surface area (Å²) in [4.78, 5) is 14.7. The third-order valence-electron chi connectivity index (χ3n) is 4.87. The van der Waals surface area contributed by atoms with E-state index >= 15 is 0 Å². The zero-order valence-electron chi connectivity index (χ0n) is 19.4. The van der Waals surface area contributed by atoms with Crippen molar-refractivity contribution in [2.24, 2.45) is 0 Å². The van der Waals surface area contributed by atoms with Gasteiger partial charge in [-0.2, -0.15) is 9.97 Å². The molecule has 7 nitrogen and oxygen atoms in total. The highest BCUT2D eigenvalue weighted by Gasteiger charge is 2.30. The van der Waals surface area contributed by atoms with E-state index in [1.54, 1.807) is 0 Å². The van der Waals surface area contributed by atoms with Crippen molar-refractivity contribution >= 4 is 22.8 Å². The van der Waals surface area contributed by atoms with E-state index in [0.29, 0.717) is 11.0 Å². The first-order valence-electron chi connectivity index (χ1n) is 11.1. The Morgan fingerprint density at radius 2 is 2.17 bits per heavy atom. The number of aromatic nitrogens is 3. The Bertz CT molecular complexity index is 978. The molecule has 1 saturated heterocycles. The standard InChI is InChI=1S/C17H24N6O/c1-9-10-5-4-6-11(10)19-16-14(9)15(18-2)21-17(22-16)20-12-7-23(3)8-13(12)24/h12-13,24H,4-8H2,1-3H3,(H2,18,19,20,21,22)/t12-,13-/m0/s1/i2D3,3D3. The van der Waals surface area contributed by atoms with Crippen molar-refractivity contribution < 1.29 is 13.3 Å². The number of rotatable bonds is 3. The highest BCUT2D eigenvalue weighted by Crippen LogP contribution is 2.32. The van der Waals surface area contributed by atoms with Crippen molar-refractivity contribution in [3.05, 3.63) is 16.8 Å². The number of anilines is 2. The number of β-amino-alcohol motifs (C(OH)–C–C–N with tert-alkyl or cyclic N) is 1. The average Bonchev–Trinajstić information content (AvgIpc) is 3.20. The van der Waals surface area contributed by atoms with Crippen LogP contribution in [-0.4, -0.2) is 64.1 Å². The van der Waals surface area contributed by atoms with Gasteiger partial charge in [-0.1, -0.05) is 0 Å². The lowest BCUT2D eigenvalue weighted by molar-refractivity contribution is 0.174. The molecule has 1 aliphatic heterocycles. The lowest BCUT2D eigenvalue weighted by Gasteiger charge is -2.18. The Labute approximate surface area is 149 Å². The molecule has 2 aromatic rings. The van der Waals surface area contributed by atoms with Gasteiger partial charge in [-0.25, -0.2) is 4.98 Å². The normalized spacial score (nSPS) is 28.4. The number of fused-ring (bicyclic) bond motifs is 2. The van der Waals surface area contributed by atoms with E-state index in [0.717, 1.165) is 36.1 Å². The summed E-state index contributed by atoms with van der Waals surface area (Å²) in [7, 11) is 0. The predicted molar refractivity (Wildman–Crippen MR) is 94.6 cm³/mol. The van der Waals surface area contributed by atoms with Crippen molar-refractivity contribution in [3.8, 4) is 0 Å². The first-order chi connectivity index (χ1) is 13.9. The number of pyridine rings is 1. The van der Waals surface area contributed by atoms with Gasteiger partial charge in [-0.05, 0) is 44.3 Å². The summed E-state index contributed by atoms with van der Waals surface area (Å²) in [6.45, 7) is -2.78. The molecule has 0 radical (unpaired) electrons. The molecule has 0 spiro atoms. The molecule has 0 amide bonds. The van der Waals surface area contributed by atoms with Gasteiger partial charge in [0.2, 0.25) is 5.95 Å². The molecule has 2 aromatic heterocycles. The summed E-state index contributed by atoms with van der Waals surface area (Å²) < 4.78 is 45.4. The first kappa shape index (κ1) is 10.1. The van der Waals surface area contributed by atoms with Gasteiger partial charge in [0.1, 0.15) is 5.82 Å². The molecule has 2 aliphatic rings. The maximum atomic E-state index is 10.3. The van der Waals surface area contributed by atoms with Crippen LogP contribution in [0.25, 0.3) is 11.0 Å². The number of nitrogens with one attached hydrogen (secondary N) is 2. The van der Waals surface area contributed by atoms with Gasteiger partial charge in [0.05, 0.1) is 17.5 Å². The lowest BCUT2D eigenvalue weighted by atomic mass is 10.1. The minimum absolute atomic E-state index is 0.00695. The van der Waals surface area contributed by atoms with Crippen LogP contribution in [0.5, 0.6) is 0 Å². The van der Waals surface area contributed by atoms with Crippen molar-refractivity contribution in [1.82, 2.24) is 19.9 Å². The quantitative estimate of drug-likeness (QED) is 0.770. The van der Waals surface area contributed by atoms with Gasteiger partial charge >= 0.3 is 0 Å². The van der Waals surface area contributed by atoms with Gasteiger partial charge in [-0.15, -0.1) is 0 Å². The minimum Gasteiger partial charge on any atom is -0.390 e. The van der Waals surface area contributed by atoms with Gasteiger partial charge in [-0.3, -0.25) is 0 Å². The number of aliphatic hydroxyl groups is 1. The van der Waals surface area contributed by atoms with Crippen LogP contribution in [0.15, 0.2) is 0 Å². The van der Waals surface area contributed by atoms with E-state index in [-0.39, 0.29) is 24.9 Å². The molecule has 4 rings (SSSR count). The second kappa shape index (κ2) is 5.82. The van der Waals surface area contributed by atoms with Crippen LogP contribution in [0, 0.1) is 6.92 Å². The molecule has 0 aromatic carbocycles. The van der Waals surface area contributed by atoms with Crippen molar-refractivity contribution in [2.45, 2.75) is 38.3 Å². The summed E-state index contributed by atoms with van der Waals surface area (Å²) >= 11 is 0. The molecule has 0 saturated carbocycles. The highest BCUT2D eigenvalue weighted by atomic mass is 16.3. The number of aryl methyl sites for hydroxylation is 2. The molecule has 1 fully saturated rings. The molecule has 0 bridgehead atoms. The molecule has 1 aliphatic carbocycles. The van der Waals surface area contributed by atoms with Gasteiger partial charge in [0.25, 0.3) is 0 Å². The molecule has 3 N–H and O–H groups in total. The van der Waals surface area contributed by atoms with Gasteiger partial charge in [0.15, 0.2) is 5.65 Å². The zero-order chi connectivity index (χ0) is 21.8. The zero-order valence-corrected chi connectivity index (χ0v) is 13.4. The first-order valence-corrected chi connectivity index (χ1v) is 8.10. The van der Waals surface area contributed by atoms with Crippen LogP contribution in [-0.2, 0) is 12.8 Å². The molecular formula is C17H24N6O. The fourth-order valence-corrected chi connectivity index (χ4v) is 3.66. The predicted octanol–water partition coefficient (Wildman–Crippen LogP) is 0.950. The van der Waals surface area contributed by atoms with Crippen molar-refractivity contribution in [1.29, 1.82) is 0 Å². The Morgan fingerprint density at radius 3 is 2.96 bits per heavy atom. The third-order valence-corrected chi connectivity index (χ3v) is 4.87. The van der Waals surface area contributed by atoms with Crippen LogP contribution in [0.1, 0.15) is 31.5 Å². The van der Waals surface area contributed by atoms with E-state index in [4.69, 9.17) is 8.22 Å². The van der Waals surface area contributed by atoms with E-state index in [2.05, 4.69) is 25.6 Å². The van der Waals surface area contributed by atoms with Crippen LogP contribution in [0.2, 0.25) is 0 Å². The topological polar surface area (TPSA) is 86.2 Å². The van der Waals surface area contributed by atoms with Crippen molar-refractivity contribution in [2.75, 3.05) is 37.7 Å². The molecule has 128 valence electrons. The van der Waals surface area contributed by atoms with E-state index < -0.39 is 26.1 Å². The monoisotopic (exact) mass is 334 g/mol. The maximum Gasteiger partial charge on any atom is 0.227 e. The summed E-state index contributed by atoms with van der Waals surface area (Å²) in [6, 6.07) is -0.612. The van der Waals surface area contributed by atoms with Crippen LogP contribution in [0.3, 0.4) is 0 Å². The fourth-order valence-electron chi connectivity index (χ4n) is 3.66. The second-order valence-corrected chi connectivity index (χ2v) is 6.46. The van der Waals surface area contributed by atoms with Crippen molar-refractivity contribution in [3.63, 3.8) is 0 Å². The lowest BCUT2D eigenvalue weighted by Crippen LogP contribution is -2.32.